The Bertz CT molecular complexity index is 879. The fourth-order valence-electron chi connectivity index (χ4n) is 2.51. The predicted octanol–water partition coefficient (Wildman–Crippen LogP) is 1.95. The van der Waals surface area contributed by atoms with Gasteiger partial charge in [0.25, 0.3) is 0 Å². The number of rotatable bonds is 4. The van der Waals surface area contributed by atoms with Crippen molar-refractivity contribution < 1.29 is 24.3 Å². The van der Waals surface area contributed by atoms with Gasteiger partial charge in [-0.2, -0.15) is 16.3 Å². The topological polar surface area (TPSA) is 130 Å². The first-order valence-electron chi connectivity index (χ1n) is 7.96. The highest BCUT2D eigenvalue weighted by atomic mass is 32.1. The predicted molar refractivity (Wildman–Crippen MR) is 95.1 cm³/mol. The van der Waals surface area contributed by atoms with Crippen molar-refractivity contribution in [3.63, 3.8) is 0 Å². The van der Waals surface area contributed by atoms with Gasteiger partial charge >= 0.3 is 11.9 Å². The molecule has 1 fully saturated rings. The summed E-state index contributed by atoms with van der Waals surface area (Å²) < 4.78 is 5.39. The Morgan fingerprint density at radius 2 is 2.04 bits per heavy atom. The van der Waals surface area contributed by atoms with Gasteiger partial charge in [-0.1, -0.05) is 5.16 Å². The van der Waals surface area contributed by atoms with E-state index < -0.39 is 11.9 Å². The summed E-state index contributed by atoms with van der Waals surface area (Å²) in [5.41, 5.74) is 2.27. The van der Waals surface area contributed by atoms with Crippen LogP contribution in [0.2, 0.25) is 0 Å². The standard InChI is InChI=1S/C15H14N4OS.C2H2O4/c1-2-12(6-16-4-1)14-17-15(20-18-14)13-8-19(9-13)7-11-3-5-21-10-11;3-1(4)2(5)6/h1-6,10,13H,7-9H2;(H,3,4)(H,5,6). The van der Waals surface area contributed by atoms with Crippen LogP contribution in [0.15, 0.2) is 45.9 Å². The number of aliphatic carboxylic acids is 2. The van der Waals surface area contributed by atoms with Crippen molar-refractivity contribution in [2.24, 2.45) is 0 Å². The van der Waals surface area contributed by atoms with Gasteiger partial charge in [0.15, 0.2) is 0 Å². The lowest BCUT2D eigenvalue weighted by Gasteiger charge is -2.36. The van der Waals surface area contributed by atoms with Gasteiger partial charge in [-0.3, -0.25) is 9.88 Å². The van der Waals surface area contributed by atoms with Gasteiger partial charge in [0.2, 0.25) is 11.7 Å². The first kappa shape index (κ1) is 18.7. The Balaban J connectivity index is 0.000000307. The van der Waals surface area contributed by atoms with Crippen molar-refractivity contribution in [2.45, 2.75) is 12.5 Å². The molecule has 1 aliphatic rings. The third-order valence-corrected chi connectivity index (χ3v) is 4.57. The highest BCUT2D eigenvalue weighted by Gasteiger charge is 2.32. The lowest BCUT2D eigenvalue weighted by molar-refractivity contribution is -0.159. The van der Waals surface area contributed by atoms with Crippen molar-refractivity contribution in [1.29, 1.82) is 0 Å². The molecule has 140 valence electrons. The van der Waals surface area contributed by atoms with Gasteiger partial charge in [0.1, 0.15) is 0 Å². The summed E-state index contributed by atoms with van der Waals surface area (Å²) in [5.74, 6) is -1.95. The largest absolute Gasteiger partial charge is 0.473 e. The normalized spacial score (nSPS) is 14.1. The third-order valence-electron chi connectivity index (χ3n) is 3.84. The number of pyridine rings is 1. The Hall–Kier alpha value is -3.11. The van der Waals surface area contributed by atoms with E-state index in [2.05, 4.69) is 36.9 Å². The molecule has 0 saturated carbocycles. The maximum Gasteiger partial charge on any atom is 0.414 e. The molecule has 9 nitrogen and oxygen atoms in total. The van der Waals surface area contributed by atoms with E-state index in [0.717, 1.165) is 31.1 Å². The zero-order valence-electron chi connectivity index (χ0n) is 14.1. The molecular weight excluding hydrogens is 372 g/mol. The molecule has 10 heteroatoms. The molecule has 3 aromatic heterocycles. The summed E-state index contributed by atoms with van der Waals surface area (Å²) in [6.07, 6.45) is 3.48. The van der Waals surface area contributed by atoms with E-state index in [1.54, 1.807) is 23.7 Å². The molecule has 3 aromatic rings. The number of thiophene rings is 1. The van der Waals surface area contributed by atoms with Gasteiger partial charge in [0, 0.05) is 37.6 Å². The SMILES string of the molecule is O=C(O)C(=O)O.c1cncc(-c2noc(C3CN(Cc4ccsc4)C3)n2)c1. The van der Waals surface area contributed by atoms with Crippen LogP contribution < -0.4 is 0 Å². The zero-order valence-corrected chi connectivity index (χ0v) is 14.9. The summed E-state index contributed by atoms with van der Waals surface area (Å²) in [6.45, 7) is 2.96. The lowest BCUT2D eigenvalue weighted by Crippen LogP contribution is -2.44. The highest BCUT2D eigenvalue weighted by Crippen LogP contribution is 2.28. The van der Waals surface area contributed by atoms with Crippen LogP contribution in [0.3, 0.4) is 0 Å². The quantitative estimate of drug-likeness (QED) is 0.644. The molecule has 0 aliphatic carbocycles. The molecule has 2 N–H and O–H groups in total. The van der Waals surface area contributed by atoms with Gasteiger partial charge in [-0.05, 0) is 34.5 Å². The molecule has 0 spiro atoms. The second kappa shape index (κ2) is 8.52. The minimum absolute atomic E-state index is 0.349. The second-order valence-electron chi connectivity index (χ2n) is 5.83. The van der Waals surface area contributed by atoms with E-state index in [1.807, 2.05) is 12.1 Å². The summed E-state index contributed by atoms with van der Waals surface area (Å²) in [4.78, 5) is 29.2. The number of aromatic nitrogens is 3. The van der Waals surface area contributed by atoms with Crippen LogP contribution in [-0.2, 0) is 16.1 Å². The fourth-order valence-corrected chi connectivity index (χ4v) is 3.17. The van der Waals surface area contributed by atoms with Crippen molar-refractivity contribution >= 4 is 23.3 Å². The first-order chi connectivity index (χ1) is 13.0. The maximum absolute atomic E-state index is 9.10. The summed E-state index contributed by atoms with van der Waals surface area (Å²) >= 11 is 1.74. The van der Waals surface area contributed by atoms with Crippen molar-refractivity contribution in [3.8, 4) is 11.4 Å². The van der Waals surface area contributed by atoms with Crippen LogP contribution in [0.25, 0.3) is 11.4 Å². The molecule has 4 heterocycles. The number of carbonyl (C=O) groups is 2. The van der Waals surface area contributed by atoms with Gasteiger partial charge < -0.3 is 14.7 Å². The van der Waals surface area contributed by atoms with Crippen molar-refractivity contribution in [2.75, 3.05) is 13.1 Å². The second-order valence-corrected chi connectivity index (χ2v) is 6.61. The van der Waals surface area contributed by atoms with Crippen LogP contribution in [0.4, 0.5) is 0 Å². The van der Waals surface area contributed by atoms with Crippen LogP contribution in [0, 0.1) is 0 Å². The summed E-state index contributed by atoms with van der Waals surface area (Å²) in [6, 6.07) is 5.98. The molecule has 0 amide bonds. The number of hydrogen-bond donors (Lipinski definition) is 2. The van der Waals surface area contributed by atoms with Crippen molar-refractivity contribution in [1.82, 2.24) is 20.0 Å². The van der Waals surface area contributed by atoms with E-state index in [9.17, 15) is 0 Å². The van der Waals surface area contributed by atoms with Crippen LogP contribution in [0.1, 0.15) is 17.4 Å². The molecule has 0 bridgehead atoms. The van der Waals surface area contributed by atoms with Gasteiger partial charge in [0.05, 0.1) is 5.92 Å². The Morgan fingerprint density at radius 1 is 1.26 bits per heavy atom. The Kier molecular flexibility index (Phi) is 5.89. The molecule has 4 rings (SSSR count). The Labute approximate surface area is 157 Å². The van der Waals surface area contributed by atoms with E-state index >= 15 is 0 Å². The summed E-state index contributed by atoms with van der Waals surface area (Å²) in [5, 5.41) is 23.1. The molecule has 0 aromatic carbocycles. The van der Waals surface area contributed by atoms with E-state index in [0.29, 0.717) is 11.7 Å². The molecule has 1 saturated heterocycles. The molecule has 0 unspecified atom stereocenters. The zero-order chi connectivity index (χ0) is 19.2. The van der Waals surface area contributed by atoms with Crippen LogP contribution in [0.5, 0.6) is 0 Å². The van der Waals surface area contributed by atoms with Crippen molar-refractivity contribution in [3.05, 3.63) is 52.8 Å². The number of carboxylic acids is 2. The lowest BCUT2D eigenvalue weighted by atomic mass is 9.99. The van der Waals surface area contributed by atoms with Gasteiger partial charge in [-0.25, -0.2) is 9.59 Å². The molecule has 0 atom stereocenters. The first-order valence-corrected chi connectivity index (χ1v) is 8.91. The van der Waals surface area contributed by atoms with E-state index in [4.69, 9.17) is 24.3 Å². The average molecular weight is 388 g/mol. The highest BCUT2D eigenvalue weighted by molar-refractivity contribution is 7.07. The number of likely N-dealkylation sites (tertiary alicyclic amines) is 1. The van der Waals surface area contributed by atoms with Gasteiger partial charge in [-0.15, -0.1) is 0 Å². The van der Waals surface area contributed by atoms with E-state index in [1.165, 1.54) is 5.56 Å². The monoisotopic (exact) mass is 388 g/mol. The smallest absolute Gasteiger partial charge is 0.414 e. The molecule has 1 aliphatic heterocycles. The minimum Gasteiger partial charge on any atom is -0.473 e. The molecular formula is C17H16N4O5S. The molecule has 0 radical (unpaired) electrons. The molecule has 27 heavy (non-hydrogen) atoms. The maximum atomic E-state index is 9.10. The van der Waals surface area contributed by atoms with Crippen LogP contribution in [-0.4, -0.2) is 55.3 Å². The summed E-state index contributed by atoms with van der Waals surface area (Å²) in [7, 11) is 0. The Morgan fingerprint density at radius 3 is 2.63 bits per heavy atom. The third kappa shape index (κ3) is 4.96. The average Bonchev–Trinajstić information content (AvgIpc) is 3.31. The number of hydrogen-bond acceptors (Lipinski definition) is 8. The minimum atomic E-state index is -1.82. The number of carboxylic acid groups (broad SMARTS) is 2. The fraction of sp³-hybridized carbons (Fsp3) is 0.235. The number of nitrogens with zero attached hydrogens (tertiary/aromatic N) is 4. The van der Waals surface area contributed by atoms with Crippen LogP contribution >= 0.6 is 11.3 Å². The van der Waals surface area contributed by atoms with E-state index in [-0.39, 0.29) is 0 Å².